The summed E-state index contributed by atoms with van der Waals surface area (Å²) in [6.07, 6.45) is 5.21. The molecule has 0 saturated carbocycles. The van der Waals surface area contributed by atoms with E-state index in [-0.39, 0.29) is 18.1 Å². The molecule has 0 radical (unpaired) electrons. The molecule has 3 heterocycles. The summed E-state index contributed by atoms with van der Waals surface area (Å²) in [5.74, 6) is 0.0918. The summed E-state index contributed by atoms with van der Waals surface area (Å²) >= 11 is 0. The van der Waals surface area contributed by atoms with Crippen molar-refractivity contribution in [3.05, 3.63) is 42.4 Å². The zero-order valence-corrected chi connectivity index (χ0v) is 11.3. The normalized spacial score (nSPS) is 28.8. The van der Waals surface area contributed by atoms with Crippen molar-refractivity contribution in [1.29, 1.82) is 0 Å². The summed E-state index contributed by atoms with van der Waals surface area (Å²) in [6.45, 7) is 1.36. The van der Waals surface area contributed by atoms with Gasteiger partial charge in [-0.05, 0) is 18.4 Å². The Morgan fingerprint density at radius 1 is 1.30 bits per heavy atom. The molecule has 1 saturated heterocycles. The maximum Gasteiger partial charge on any atom is 0.0956 e. The standard InChI is InChI=1S/C16H18N2O2/c19-15-6-3-7-20-9-13(15)16-12-5-2-1-4-11(12)14-8-17-10-18(14)16/h1-2,4-5,8,10,13,15-16,19H,3,6-7,9H2/t13-,15+,16?/m1/s1. The predicted molar refractivity (Wildman–Crippen MR) is 75.4 cm³/mol. The van der Waals surface area contributed by atoms with Crippen molar-refractivity contribution >= 4 is 0 Å². The second-order valence-electron chi connectivity index (χ2n) is 5.67. The Balaban J connectivity index is 1.81. The van der Waals surface area contributed by atoms with Crippen LogP contribution in [0.2, 0.25) is 0 Å². The van der Waals surface area contributed by atoms with Crippen LogP contribution in [-0.4, -0.2) is 34.0 Å². The monoisotopic (exact) mass is 270 g/mol. The van der Waals surface area contributed by atoms with Crippen LogP contribution in [0.5, 0.6) is 0 Å². The largest absolute Gasteiger partial charge is 0.393 e. The molecule has 3 atom stereocenters. The maximum absolute atomic E-state index is 10.5. The maximum atomic E-state index is 10.5. The molecule has 2 aliphatic rings. The summed E-state index contributed by atoms with van der Waals surface area (Å²) in [4.78, 5) is 4.28. The van der Waals surface area contributed by atoms with E-state index in [2.05, 4.69) is 33.8 Å². The van der Waals surface area contributed by atoms with Crippen LogP contribution < -0.4 is 0 Å². The molecule has 104 valence electrons. The van der Waals surface area contributed by atoms with Gasteiger partial charge in [-0.2, -0.15) is 0 Å². The molecule has 4 rings (SSSR count). The molecule has 1 N–H and O–H groups in total. The van der Waals surface area contributed by atoms with E-state index in [0.717, 1.165) is 25.1 Å². The molecule has 20 heavy (non-hydrogen) atoms. The van der Waals surface area contributed by atoms with Crippen LogP contribution >= 0.6 is 0 Å². The average Bonchev–Trinajstić information content (AvgIpc) is 2.97. The van der Waals surface area contributed by atoms with Crippen molar-refractivity contribution < 1.29 is 9.84 Å². The zero-order chi connectivity index (χ0) is 13.5. The number of aliphatic hydroxyl groups excluding tert-OH is 1. The van der Waals surface area contributed by atoms with Crippen molar-refractivity contribution in [2.75, 3.05) is 13.2 Å². The van der Waals surface area contributed by atoms with Crippen LogP contribution in [-0.2, 0) is 4.74 Å². The van der Waals surface area contributed by atoms with Crippen molar-refractivity contribution in [2.45, 2.75) is 25.0 Å². The summed E-state index contributed by atoms with van der Waals surface area (Å²) in [5, 5.41) is 10.5. The Labute approximate surface area is 118 Å². The van der Waals surface area contributed by atoms with Gasteiger partial charge in [0, 0.05) is 18.1 Å². The Morgan fingerprint density at radius 2 is 2.20 bits per heavy atom. The molecule has 2 aromatic rings. The van der Waals surface area contributed by atoms with Crippen molar-refractivity contribution in [3.8, 4) is 11.3 Å². The third kappa shape index (κ3) is 1.72. The van der Waals surface area contributed by atoms with E-state index >= 15 is 0 Å². The highest BCUT2D eigenvalue weighted by molar-refractivity contribution is 5.69. The first-order valence-electron chi connectivity index (χ1n) is 7.23. The number of benzene rings is 1. The third-order valence-electron chi connectivity index (χ3n) is 4.52. The average molecular weight is 270 g/mol. The van der Waals surface area contributed by atoms with Crippen LogP contribution in [0.3, 0.4) is 0 Å². The fraction of sp³-hybridized carbons (Fsp3) is 0.438. The van der Waals surface area contributed by atoms with Gasteiger partial charge in [0.2, 0.25) is 0 Å². The van der Waals surface area contributed by atoms with Gasteiger partial charge in [0.05, 0.1) is 37.0 Å². The summed E-state index contributed by atoms with van der Waals surface area (Å²) in [6, 6.07) is 8.54. The zero-order valence-electron chi connectivity index (χ0n) is 11.3. The lowest BCUT2D eigenvalue weighted by Gasteiger charge is -2.28. The number of nitrogens with zero attached hydrogens (tertiary/aromatic N) is 2. The van der Waals surface area contributed by atoms with E-state index < -0.39 is 0 Å². The fourth-order valence-corrected chi connectivity index (χ4v) is 3.55. The first kappa shape index (κ1) is 12.1. The Hall–Kier alpha value is -1.65. The molecule has 2 aliphatic heterocycles. The van der Waals surface area contributed by atoms with Gasteiger partial charge in [0.25, 0.3) is 0 Å². The third-order valence-corrected chi connectivity index (χ3v) is 4.52. The predicted octanol–water partition coefficient (Wildman–Crippen LogP) is 2.24. The molecule has 0 spiro atoms. The number of imidazole rings is 1. The molecule has 1 unspecified atom stereocenters. The highest BCUT2D eigenvalue weighted by Crippen LogP contribution is 2.44. The SMILES string of the molecule is O[C@H]1CCCOC[C@H]1C1c2ccccc2-c2cncn21. The van der Waals surface area contributed by atoms with Gasteiger partial charge in [-0.15, -0.1) is 0 Å². The highest BCUT2D eigenvalue weighted by Gasteiger charge is 2.38. The van der Waals surface area contributed by atoms with Crippen LogP contribution in [0.25, 0.3) is 11.3 Å². The highest BCUT2D eigenvalue weighted by atomic mass is 16.5. The molecular weight excluding hydrogens is 252 g/mol. The second-order valence-corrected chi connectivity index (χ2v) is 5.67. The smallest absolute Gasteiger partial charge is 0.0956 e. The van der Waals surface area contributed by atoms with E-state index in [0.29, 0.717) is 6.61 Å². The van der Waals surface area contributed by atoms with Crippen LogP contribution in [0.1, 0.15) is 24.4 Å². The summed E-state index contributed by atoms with van der Waals surface area (Å²) in [7, 11) is 0. The molecular formula is C16H18N2O2. The van der Waals surface area contributed by atoms with E-state index in [1.54, 1.807) is 0 Å². The molecule has 4 nitrogen and oxygen atoms in total. The lowest BCUT2D eigenvalue weighted by atomic mass is 9.87. The molecule has 1 aromatic heterocycles. The van der Waals surface area contributed by atoms with E-state index in [1.165, 1.54) is 11.1 Å². The first-order valence-corrected chi connectivity index (χ1v) is 7.23. The summed E-state index contributed by atoms with van der Waals surface area (Å²) < 4.78 is 7.89. The number of hydrogen-bond donors (Lipinski definition) is 1. The van der Waals surface area contributed by atoms with Gasteiger partial charge >= 0.3 is 0 Å². The second kappa shape index (κ2) is 4.72. The van der Waals surface area contributed by atoms with Gasteiger partial charge in [-0.1, -0.05) is 24.3 Å². The number of ether oxygens (including phenoxy) is 1. The number of aliphatic hydroxyl groups is 1. The van der Waals surface area contributed by atoms with Crippen LogP contribution in [0, 0.1) is 5.92 Å². The number of rotatable bonds is 1. The van der Waals surface area contributed by atoms with Gasteiger partial charge < -0.3 is 14.4 Å². The molecule has 1 aromatic carbocycles. The quantitative estimate of drug-likeness (QED) is 0.864. The lowest BCUT2D eigenvalue weighted by Crippen LogP contribution is -2.31. The molecule has 0 bridgehead atoms. The number of hydrogen-bond acceptors (Lipinski definition) is 3. The Kier molecular flexibility index (Phi) is 2.86. The number of fused-ring (bicyclic) bond motifs is 3. The Morgan fingerprint density at radius 3 is 3.15 bits per heavy atom. The van der Waals surface area contributed by atoms with Crippen LogP contribution in [0.4, 0.5) is 0 Å². The minimum absolute atomic E-state index is 0.0918. The molecule has 0 amide bonds. The van der Waals surface area contributed by atoms with E-state index in [1.807, 2.05) is 12.5 Å². The lowest BCUT2D eigenvalue weighted by molar-refractivity contribution is 0.0395. The van der Waals surface area contributed by atoms with Gasteiger partial charge in [-0.3, -0.25) is 0 Å². The summed E-state index contributed by atoms with van der Waals surface area (Å²) in [5.41, 5.74) is 3.65. The minimum Gasteiger partial charge on any atom is -0.393 e. The van der Waals surface area contributed by atoms with E-state index in [9.17, 15) is 5.11 Å². The van der Waals surface area contributed by atoms with Gasteiger partial charge in [0.15, 0.2) is 0 Å². The fourth-order valence-electron chi connectivity index (χ4n) is 3.55. The minimum atomic E-state index is -0.316. The van der Waals surface area contributed by atoms with E-state index in [4.69, 9.17) is 4.74 Å². The first-order chi connectivity index (χ1) is 9.86. The van der Waals surface area contributed by atoms with Crippen molar-refractivity contribution in [2.24, 2.45) is 5.92 Å². The van der Waals surface area contributed by atoms with Crippen molar-refractivity contribution in [1.82, 2.24) is 9.55 Å². The molecule has 4 heteroatoms. The molecule has 0 aliphatic carbocycles. The number of aromatic nitrogens is 2. The van der Waals surface area contributed by atoms with Crippen molar-refractivity contribution in [3.63, 3.8) is 0 Å². The topological polar surface area (TPSA) is 47.3 Å². The van der Waals surface area contributed by atoms with Gasteiger partial charge in [-0.25, -0.2) is 4.98 Å². The Bertz CT molecular complexity index is 622. The molecule has 1 fully saturated rings. The van der Waals surface area contributed by atoms with Crippen LogP contribution in [0.15, 0.2) is 36.8 Å². The van der Waals surface area contributed by atoms with Gasteiger partial charge in [0.1, 0.15) is 0 Å².